The summed E-state index contributed by atoms with van der Waals surface area (Å²) in [5, 5.41) is 2.13. The predicted octanol–water partition coefficient (Wildman–Crippen LogP) is -0.624. The van der Waals surface area contributed by atoms with Gasteiger partial charge in [-0.25, -0.2) is 0 Å². The SMILES string of the molecule is COc1c(N)cccc1C(=O)N1CC(=O)NC(=O)C1. The van der Waals surface area contributed by atoms with Crippen molar-refractivity contribution in [2.45, 2.75) is 0 Å². The molecule has 0 spiro atoms. The number of ether oxygens (including phenoxy) is 1. The van der Waals surface area contributed by atoms with Crippen LogP contribution < -0.4 is 15.8 Å². The number of rotatable bonds is 2. The van der Waals surface area contributed by atoms with Crippen molar-refractivity contribution in [3.63, 3.8) is 0 Å². The maximum Gasteiger partial charge on any atom is 0.258 e. The first-order chi connectivity index (χ1) is 9.02. The Morgan fingerprint density at radius 2 is 1.95 bits per heavy atom. The van der Waals surface area contributed by atoms with Gasteiger partial charge in [-0.3, -0.25) is 19.7 Å². The Kier molecular flexibility index (Phi) is 3.37. The molecule has 0 aliphatic carbocycles. The number of anilines is 1. The zero-order valence-corrected chi connectivity index (χ0v) is 10.3. The number of hydrogen-bond acceptors (Lipinski definition) is 5. The Morgan fingerprint density at radius 1 is 1.32 bits per heavy atom. The quantitative estimate of drug-likeness (QED) is 0.546. The Balaban J connectivity index is 2.31. The van der Waals surface area contributed by atoms with Crippen LogP contribution in [0, 0.1) is 0 Å². The number of methoxy groups -OCH3 is 1. The highest BCUT2D eigenvalue weighted by Crippen LogP contribution is 2.27. The van der Waals surface area contributed by atoms with E-state index in [1.165, 1.54) is 13.2 Å². The number of nitrogens with one attached hydrogen (secondary N) is 1. The minimum absolute atomic E-state index is 0.164. The van der Waals surface area contributed by atoms with Gasteiger partial charge in [-0.15, -0.1) is 0 Å². The summed E-state index contributed by atoms with van der Waals surface area (Å²) in [4.78, 5) is 36.0. The number of benzene rings is 1. The summed E-state index contributed by atoms with van der Waals surface area (Å²) in [6, 6.07) is 4.75. The van der Waals surface area contributed by atoms with Gasteiger partial charge in [-0.1, -0.05) is 6.07 Å². The van der Waals surface area contributed by atoms with Crippen molar-refractivity contribution in [2.75, 3.05) is 25.9 Å². The zero-order chi connectivity index (χ0) is 14.0. The third-order valence-corrected chi connectivity index (χ3v) is 2.72. The maximum absolute atomic E-state index is 12.3. The molecule has 19 heavy (non-hydrogen) atoms. The van der Waals surface area contributed by atoms with Gasteiger partial charge in [0.1, 0.15) is 13.1 Å². The van der Waals surface area contributed by atoms with E-state index in [4.69, 9.17) is 10.5 Å². The molecule has 0 radical (unpaired) electrons. The van der Waals surface area contributed by atoms with E-state index in [1.54, 1.807) is 12.1 Å². The second-order valence-electron chi connectivity index (χ2n) is 4.06. The largest absolute Gasteiger partial charge is 0.494 e. The van der Waals surface area contributed by atoms with Gasteiger partial charge >= 0.3 is 0 Å². The minimum atomic E-state index is -0.507. The summed E-state index contributed by atoms with van der Waals surface area (Å²) >= 11 is 0. The fourth-order valence-electron chi connectivity index (χ4n) is 1.90. The molecule has 1 aromatic rings. The number of imide groups is 1. The van der Waals surface area contributed by atoms with E-state index in [1.807, 2.05) is 0 Å². The lowest BCUT2D eigenvalue weighted by Crippen LogP contribution is -2.53. The van der Waals surface area contributed by atoms with Crippen molar-refractivity contribution >= 4 is 23.4 Å². The average Bonchev–Trinajstić information content (AvgIpc) is 2.36. The van der Waals surface area contributed by atoms with Gasteiger partial charge in [0.15, 0.2) is 5.75 Å². The summed E-state index contributed by atoms with van der Waals surface area (Å²) in [6.07, 6.45) is 0. The standard InChI is InChI=1S/C12H13N3O4/c1-19-11-7(3-2-4-8(11)13)12(18)15-5-9(16)14-10(17)6-15/h2-4H,5-6,13H2,1H3,(H,14,16,17). The first kappa shape index (κ1) is 12.9. The second kappa shape index (κ2) is 4.97. The third kappa shape index (κ3) is 2.49. The highest BCUT2D eigenvalue weighted by atomic mass is 16.5. The Morgan fingerprint density at radius 3 is 2.53 bits per heavy atom. The van der Waals surface area contributed by atoms with Crippen LogP contribution in [0.25, 0.3) is 0 Å². The van der Waals surface area contributed by atoms with Crippen LogP contribution in [0.5, 0.6) is 5.75 Å². The lowest BCUT2D eigenvalue weighted by molar-refractivity contribution is -0.135. The van der Waals surface area contributed by atoms with Crippen molar-refractivity contribution in [1.29, 1.82) is 0 Å². The number of carbonyl (C=O) groups is 3. The van der Waals surface area contributed by atoms with E-state index in [9.17, 15) is 14.4 Å². The monoisotopic (exact) mass is 263 g/mol. The lowest BCUT2D eigenvalue weighted by Gasteiger charge is -2.26. The van der Waals surface area contributed by atoms with E-state index in [0.717, 1.165) is 4.90 Å². The van der Waals surface area contributed by atoms with Crippen LogP contribution in [-0.4, -0.2) is 42.8 Å². The average molecular weight is 263 g/mol. The van der Waals surface area contributed by atoms with Crippen LogP contribution in [-0.2, 0) is 9.59 Å². The molecule has 0 saturated carbocycles. The Hall–Kier alpha value is -2.57. The molecule has 0 unspecified atom stereocenters. The zero-order valence-electron chi connectivity index (χ0n) is 10.3. The molecule has 0 bridgehead atoms. The molecule has 1 aliphatic rings. The molecule has 1 fully saturated rings. The number of hydrogen-bond donors (Lipinski definition) is 2. The fraction of sp³-hybridized carbons (Fsp3) is 0.250. The van der Waals surface area contributed by atoms with Gasteiger partial charge in [0, 0.05) is 0 Å². The van der Waals surface area contributed by atoms with Crippen molar-refractivity contribution in [3.8, 4) is 5.75 Å². The molecule has 0 atom stereocenters. The number of carbonyl (C=O) groups excluding carboxylic acids is 3. The molecule has 3 amide bonds. The third-order valence-electron chi connectivity index (χ3n) is 2.72. The highest BCUT2D eigenvalue weighted by Gasteiger charge is 2.28. The van der Waals surface area contributed by atoms with Crippen molar-refractivity contribution in [3.05, 3.63) is 23.8 Å². The van der Waals surface area contributed by atoms with Crippen LogP contribution in [0.15, 0.2) is 18.2 Å². The first-order valence-corrected chi connectivity index (χ1v) is 5.57. The lowest BCUT2D eigenvalue weighted by atomic mass is 10.1. The van der Waals surface area contributed by atoms with Crippen molar-refractivity contribution in [1.82, 2.24) is 10.2 Å². The molecule has 1 aliphatic heterocycles. The molecule has 0 aromatic heterocycles. The van der Waals surface area contributed by atoms with Gasteiger partial charge in [0.2, 0.25) is 11.8 Å². The van der Waals surface area contributed by atoms with E-state index in [2.05, 4.69) is 5.32 Å². The summed E-state index contributed by atoms with van der Waals surface area (Å²) in [5.41, 5.74) is 6.26. The molecular weight excluding hydrogens is 250 g/mol. The normalized spacial score (nSPS) is 15.1. The molecule has 7 nitrogen and oxygen atoms in total. The molecule has 1 aromatic carbocycles. The summed E-state index contributed by atoms with van der Waals surface area (Å²) in [7, 11) is 1.40. The molecule has 7 heteroatoms. The molecule has 1 saturated heterocycles. The number of piperazine rings is 1. The van der Waals surface area contributed by atoms with Gasteiger partial charge in [-0.05, 0) is 12.1 Å². The molecule has 100 valence electrons. The van der Waals surface area contributed by atoms with Crippen molar-refractivity contribution in [2.24, 2.45) is 0 Å². The van der Waals surface area contributed by atoms with Crippen LogP contribution in [0.3, 0.4) is 0 Å². The van der Waals surface area contributed by atoms with Crippen LogP contribution in [0.1, 0.15) is 10.4 Å². The van der Waals surface area contributed by atoms with Crippen LogP contribution in [0.4, 0.5) is 5.69 Å². The number of para-hydroxylation sites is 1. The van der Waals surface area contributed by atoms with E-state index >= 15 is 0 Å². The molecule has 3 N–H and O–H groups in total. The van der Waals surface area contributed by atoms with E-state index in [-0.39, 0.29) is 24.4 Å². The van der Waals surface area contributed by atoms with Gasteiger partial charge in [0.25, 0.3) is 5.91 Å². The minimum Gasteiger partial charge on any atom is -0.494 e. The summed E-state index contributed by atoms with van der Waals surface area (Å²) in [5.74, 6) is -1.24. The van der Waals surface area contributed by atoms with Crippen LogP contribution >= 0.6 is 0 Å². The summed E-state index contributed by atoms with van der Waals surface area (Å²) in [6.45, 7) is -0.328. The Bertz CT molecular complexity index is 540. The predicted molar refractivity (Wildman–Crippen MR) is 66.5 cm³/mol. The van der Waals surface area contributed by atoms with E-state index in [0.29, 0.717) is 5.69 Å². The fourth-order valence-corrected chi connectivity index (χ4v) is 1.90. The number of nitrogens with zero attached hydrogens (tertiary/aromatic N) is 1. The summed E-state index contributed by atoms with van der Waals surface area (Å²) < 4.78 is 5.08. The van der Waals surface area contributed by atoms with Gasteiger partial charge < -0.3 is 15.4 Å². The topological polar surface area (TPSA) is 102 Å². The second-order valence-corrected chi connectivity index (χ2v) is 4.06. The van der Waals surface area contributed by atoms with Gasteiger partial charge in [0.05, 0.1) is 18.4 Å². The van der Waals surface area contributed by atoms with Gasteiger partial charge in [-0.2, -0.15) is 0 Å². The highest BCUT2D eigenvalue weighted by molar-refractivity contribution is 6.07. The first-order valence-electron chi connectivity index (χ1n) is 5.57. The Labute approximate surface area is 109 Å². The van der Waals surface area contributed by atoms with Crippen LogP contribution in [0.2, 0.25) is 0 Å². The van der Waals surface area contributed by atoms with Crippen molar-refractivity contribution < 1.29 is 19.1 Å². The number of amides is 3. The number of nitrogens with two attached hydrogens (primary N) is 1. The molecule has 2 rings (SSSR count). The smallest absolute Gasteiger partial charge is 0.258 e. The number of nitrogen functional groups attached to an aromatic ring is 1. The molecular formula is C12H13N3O4. The molecule has 1 heterocycles. The maximum atomic E-state index is 12.3. The van der Waals surface area contributed by atoms with E-state index < -0.39 is 17.7 Å².